The summed E-state index contributed by atoms with van der Waals surface area (Å²) >= 11 is 0. The standard InChI is InChI=1S/C17H23NO2/c1-5-14-9-11-15(12-10-14)8-6-7-13-18-16(19)20-17(2,3)4/h5-6,8-12H,1,7,13H2,2-4H3,(H,18,19). The average molecular weight is 273 g/mol. The highest BCUT2D eigenvalue weighted by Crippen LogP contribution is 2.08. The van der Waals surface area contributed by atoms with Gasteiger partial charge in [0.2, 0.25) is 0 Å². The van der Waals surface area contributed by atoms with Gasteiger partial charge in [0.1, 0.15) is 5.60 Å². The third kappa shape index (κ3) is 6.78. The van der Waals surface area contributed by atoms with Crippen LogP contribution in [0.3, 0.4) is 0 Å². The van der Waals surface area contributed by atoms with Crippen LogP contribution >= 0.6 is 0 Å². The summed E-state index contributed by atoms with van der Waals surface area (Å²) in [4.78, 5) is 11.4. The topological polar surface area (TPSA) is 38.3 Å². The molecule has 0 aromatic heterocycles. The monoisotopic (exact) mass is 273 g/mol. The zero-order valence-electron chi connectivity index (χ0n) is 12.5. The molecule has 0 aliphatic rings. The maximum atomic E-state index is 11.4. The molecule has 3 heteroatoms. The third-order valence-corrected chi connectivity index (χ3v) is 2.46. The van der Waals surface area contributed by atoms with Crippen LogP contribution in [0.4, 0.5) is 4.79 Å². The first kappa shape index (κ1) is 16.0. The molecule has 0 atom stereocenters. The molecule has 1 amide bonds. The van der Waals surface area contributed by atoms with Gasteiger partial charge in [-0.05, 0) is 38.3 Å². The predicted molar refractivity (Wildman–Crippen MR) is 84.4 cm³/mol. The zero-order valence-corrected chi connectivity index (χ0v) is 12.5. The molecule has 0 aliphatic heterocycles. The zero-order chi connectivity index (χ0) is 15.0. The summed E-state index contributed by atoms with van der Waals surface area (Å²) in [5, 5.41) is 2.72. The molecule has 1 aromatic rings. The number of ether oxygens (including phenoxy) is 1. The number of benzene rings is 1. The van der Waals surface area contributed by atoms with Crippen molar-refractivity contribution in [2.75, 3.05) is 6.54 Å². The van der Waals surface area contributed by atoms with Crippen molar-refractivity contribution in [1.82, 2.24) is 5.32 Å². The van der Waals surface area contributed by atoms with Crippen molar-refractivity contribution >= 4 is 18.2 Å². The van der Waals surface area contributed by atoms with Crippen LogP contribution in [0.1, 0.15) is 38.3 Å². The summed E-state index contributed by atoms with van der Waals surface area (Å²) in [6.45, 7) is 9.82. The number of rotatable bonds is 5. The second kappa shape index (κ2) is 7.53. The smallest absolute Gasteiger partial charge is 0.407 e. The number of hydrogen-bond donors (Lipinski definition) is 1. The summed E-state index contributed by atoms with van der Waals surface area (Å²) < 4.78 is 5.14. The number of carbonyl (C=O) groups is 1. The van der Waals surface area contributed by atoms with Gasteiger partial charge in [-0.1, -0.05) is 49.1 Å². The Hall–Kier alpha value is -2.03. The second-order valence-electron chi connectivity index (χ2n) is 5.49. The largest absolute Gasteiger partial charge is 0.444 e. The third-order valence-electron chi connectivity index (χ3n) is 2.46. The van der Waals surface area contributed by atoms with Gasteiger partial charge in [0, 0.05) is 6.54 Å². The normalized spacial score (nSPS) is 11.3. The Labute approximate surface area is 121 Å². The maximum absolute atomic E-state index is 11.4. The first-order chi connectivity index (χ1) is 9.40. The lowest BCUT2D eigenvalue weighted by Gasteiger charge is -2.19. The first-order valence-electron chi connectivity index (χ1n) is 6.76. The maximum Gasteiger partial charge on any atom is 0.407 e. The van der Waals surface area contributed by atoms with Crippen molar-refractivity contribution in [1.29, 1.82) is 0 Å². The van der Waals surface area contributed by atoms with E-state index >= 15 is 0 Å². The molecule has 1 rings (SSSR count). The Morgan fingerprint density at radius 2 is 1.85 bits per heavy atom. The molecule has 3 nitrogen and oxygen atoms in total. The highest BCUT2D eigenvalue weighted by molar-refractivity contribution is 5.67. The molecular weight excluding hydrogens is 250 g/mol. The van der Waals surface area contributed by atoms with Crippen molar-refractivity contribution in [2.45, 2.75) is 32.8 Å². The minimum absolute atomic E-state index is 0.374. The molecule has 0 spiro atoms. The van der Waals surface area contributed by atoms with Crippen molar-refractivity contribution in [3.05, 3.63) is 48.0 Å². The van der Waals surface area contributed by atoms with E-state index in [2.05, 4.69) is 11.9 Å². The van der Waals surface area contributed by atoms with Gasteiger partial charge in [-0.2, -0.15) is 0 Å². The van der Waals surface area contributed by atoms with E-state index in [-0.39, 0.29) is 6.09 Å². The van der Waals surface area contributed by atoms with E-state index in [4.69, 9.17) is 4.74 Å². The van der Waals surface area contributed by atoms with Crippen LogP contribution in [0.2, 0.25) is 0 Å². The fourth-order valence-electron chi connectivity index (χ4n) is 1.53. The van der Waals surface area contributed by atoms with Crippen LogP contribution < -0.4 is 5.32 Å². The van der Waals surface area contributed by atoms with Crippen molar-refractivity contribution in [3.63, 3.8) is 0 Å². The first-order valence-corrected chi connectivity index (χ1v) is 6.76. The van der Waals surface area contributed by atoms with Crippen LogP contribution in [0.25, 0.3) is 12.2 Å². The summed E-state index contributed by atoms with van der Waals surface area (Å²) in [6.07, 6.45) is 6.27. The van der Waals surface area contributed by atoms with E-state index in [1.54, 1.807) is 0 Å². The van der Waals surface area contributed by atoms with Gasteiger partial charge in [0.25, 0.3) is 0 Å². The Bertz CT molecular complexity index is 467. The van der Waals surface area contributed by atoms with E-state index < -0.39 is 5.60 Å². The fraction of sp³-hybridized carbons (Fsp3) is 0.353. The average Bonchev–Trinajstić information content (AvgIpc) is 2.37. The number of nitrogens with one attached hydrogen (secondary N) is 1. The number of alkyl carbamates (subject to hydrolysis) is 1. The summed E-state index contributed by atoms with van der Waals surface area (Å²) in [5.74, 6) is 0. The Morgan fingerprint density at radius 3 is 2.40 bits per heavy atom. The molecule has 0 saturated carbocycles. The SMILES string of the molecule is C=Cc1ccc(C=CCCNC(=O)OC(C)(C)C)cc1. The minimum Gasteiger partial charge on any atom is -0.444 e. The van der Waals surface area contributed by atoms with Gasteiger partial charge >= 0.3 is 6.09 Å². The summed E-state index contributed by atoms with van der Waals surface area (Å²) in [7, 11) is 0. The molecule has 1 aromatic carbocycles. The molecule has 0 aliphatic carbocycles. The van der Waals surface area contributed by atoms with Gasteiger partial charge in [-0.3, -0.25) is 0 Å². The Morgan fingerprint density at radius 1 is 1.25 bits per heavy atom. The summed E-state index contributed by atoms with van der Waals surface area (Å²) in [5.41, 5.74) is 1.79. The highest BCUT2D eigenvalue weighted by Gasteiger charge is 2.14. The van der Waals surface area contributed by atoms with Gasteiger partial charge < -0.3 is 10.1 Å². The van der Waals surface area contributed by atoms with Gasteiger partial charge in [-0.15, -0.1) is 0 Å². The lowest BCUT2D eigenvalue weighted by Crippen LogP contribution is -2.32. The molecule has 20 heavy (non-hydrogen) atoms. The second-order valence-corrected chi connectivity index (χ2v) is 5.49. The van der Waals surface area contributed by atoms with E-state index in [0.29, 0.717) is 6.54 Å². The molecule has 1 N–H and O–H groups in total. The lowest BCUT2D eigenvalue weighted by molar-refractivity contribution is 0.0529. The van der Waals surface area contributed by atoms with Crippen molar-refractivity contribution in [2.24, 2.45) is 0 Å². The van der Waals surface area contributed by atoms with Crippen LogP contribution in [0.5, 0.6) is 0 Å². The van der Waals surface area contributed by atoms with Crippen molar-refractivity contribution in [3.8, 4) is 0 Å². The van der Waals surface area contributed by atoms with Gasteiger partial charge in [0.15, 0.2) is 0 Å². The van der Waals surface area contributed by atoms with Crippen LogP contribution in [-0.4, -0.2) is 18.2 Å². The van der Waals surface area contributed by atoms with Gasteiger partial charge in [0.05, 0.1) is 0 Å². The quantitative estimate of drug-likeness (QED) is 0.814. The summed E-state index contributed by atoms with van der Waals surface area (Å²) in [6, 6.07) is 8.11. The molecule has 0 unspecified atom stereocenters. The fourth-order valence-corrected chi connectivity index (χ4v) is 1.53. The van der Waals surface area contributed by atoms with E-state index in [1.165, 1.54) is 0 Å². The number of hydrogen-bond acceptors (Lipinski definition) is 2. The van der Waals surface area contributed by atoms with E-state index in [1.807, 2.05) is 63.3 Å². The van der Waals surface area contributed by atoms with Crippen LogP contribution in [-0.2, 0) is 4.74 Å². The molecule has 0 bridgehead atoms. The molecule has 0 fully saturated rings. The molecule has 0 saturated heterocycles. The van der Waals surface area contributed by atoms with Gasteiger partial charge in [-0.25, -0.2) is 4.79 Å². The Kier molecular flexibility index (Phi) is 6.04. The molecule has 108 valence electrons. The minimum atomic E-state index is -0.452. The Balaban J connectivity index is 2.28. The van der Waals surface area contributed by atoms with Crippen molar-refractivity contribution < 1.29 is 9.53 Å². The lowest BCUT2D eigenvalue weighted by atomic mass is 10.1. The number of carbonyl (C=O) groups excluding carboxylic acids is 1. The van der Waals surface area contributed by atoms with E-state index in [0.717, 1.165) is 17.5 Å². The molecule has 0 heterocycles. The van der Waals surface area contributed by atoms with Crippen LogP contribution in [0, 0.1) is 0 Å². The molecular formula is C17H23NO2. The predicted octanol–water partition coefficient (Wildman–Crippen LogP) is 4.26. The van der Waals surface area contributed by atoms with Crippen LogP contribution in [0.15, 0.2) is 36.9 Å². The molecule has 0 radical (unpaired) electrons. The highest BCUT2D eigenvalue weighted by atomic mass is 16.6. The number of amides is 1. The van der Waals surface area contributed by atoms with E-state index in [9.17, 15) is 4.79 Å².